The summed E-state index contributed by atoms with van der Waals surface area (Å²) in [5.74, 6) is -0.202. The number of carbonyl (C=O) groups is 1. The van der Waals surface area contributed by atoms with Gasteiger partial charge < -0.3 is 5.32 Å². The molecule has 0 radical (unpaired) electrons. The van der Waals surface area contributed by atoms with Crippen LogP contribution in [0.3, 0.4) is 0 Å². The van der Waals surface area contributed by atoms with Gasteiger partial charge in [0.1, 0.15) is 6.04 Å². The fourth-order valence-corrected chi connectivity index (χ4v) is 1.99. The monoisotopic (exact) mass is 315 g/mol. The minimum Gasteiger partial charge on any atom is -0.374 e. The van der Waals surface area contributed by atoms with Crippen LogP contribution in [-0.2, 0) is 4.79 Å². The van der Waals surface area contributed by atoms with Gasteiger partial charge in [0.05, 0.1) is 6.21 Å². The maximum atomic E-state index is 12.0. The summed E-state index contributed by atoms with van der Waals surface area (Å²) in [5.41, 5.74) is 5.42. The zero-order chi connectivity index (χ0) is 15.9. The van der Waals surface area contributed by atoms with Crippen LogP contribution in [0.1, 0.15) is 18.1 Å². The van der Waals surface area contributed by atoms with E-state index < -0.39 is 0 Å². The third-order valence-corrected chi connectivity index (χ3v) is 3.30. The Kier molecular flexibility index (Phi) is 5.55. The van der Waals surface area contributed by atoms with E-state index in [-0.39, 0.29) is 11.9 Å². The molecule has 0 aliphatic carbocycles. The molecule has 114 valence electrons. The average molecular weight is 316 g/mol. The molecule has 4 nitrogen and oxygen atoms in total. The number of halogens is 1. The largest absolute Gasteiger partial charge is 0.374 e. The number of rotatable bonds is 5. The van der Waals surface area contributed by atoms with Crippen molar-refractivity contribution in [1.29, 1.82) is 0 Å². The molecule has 1 atom stereocenters. The minimum atomic E-state index is -0.385. The van der Waals surface area contributed by atoms with Gasteiger partial charge in [0.25, 0.3) is 5.91 Å². The second-order valence-electron chi connectivity index (χ2n) is 5.02. The number of nitrogens with one attached hydrogen (secondary N) is 2. The Hall–Kier alpha value is -2.33. The van der Waals surface area contributed by atoms with E-state index in [0.717, 1.165) is 16.8 Å². The Morgan fingerprint density at radius 2 is 1.95 bits per heavy atom. The summed E-state index contributed by atoms with van der Waals surface area (Å²) in [7, 11) is 0. The normalized spacial score (nSPS) is 12.1. The molecule has 2 aromatic carbocycles. The minimum absolute atomic E-state index is 0.202. The maximum absolute atomic E-state index is 12.0. The van der Waals surface area contributed by atoms with Crippen molar-refractivity contribution >= 4 is 29.4 Å². The Labute approximate surface area is 135 Å². The quantitative estimate of drug-likeness (QED) is 0.654. The molecule has 2 aromatic rings. The van der Waals surface area contributed by atoms with Gasteiger partial charge in [0.2, 0.25) is 0 Å². The van der Waals surface area contributed by atoms with Gasteiger partial charge in [-0.15, -0.1) is 0 Å². The first-order chi connectivity index (χ1) is 10.5. The number of hydrazone groups is 1. The van der Waals surface area contributed by atoms with Crippen LogP contribution in [0.5, 0.6) is 0 Å². The molecule has 22 heavy (non-hydrogen) atoms. The van der Waals surface area contributed by atoms with Crippen molar-refractivity contribution in [1.82, 2.24) is 5.43 Å². The van der Waals surface area contributed by atoms with Crippen LogP contribution >= 0.6 is 11.6 Å². The lowest BCUT2D eigenvalue weighted by Gasteiger charge is -2.13. The zero-order valence-electron chi connectivity index (χ0n) is 12.5. The number of nitrogens with zero attached hydrogens (tertiary/aromatic N) is 1. The van der Waals surface area contributed by atoms with E-state index in [1.54, 1.807) is 25.3 Å². The number of amides is 1. The molecule has 2 N–H and O–H groups in total. The summed E-state index contributed by atoms with van der Waals surface area (Å²) in [5, 5.41) is 7.74. The molecule has 1 amide bonds. The fraction of sp³-hybridized carbons (Fsp3) is 0.176. The van der Waals surface area contributed by atoms with Crippen LogP contribution in [-0.4, -0.2) is 18.2 Å². The van der Waals surface area contributed by atoms with E-state index in [9.17, 15) is 4.79 Å². The van der Waals surface area contributed by atoms with Gasteiger partial charge in [0.15, 0.2) is 0 Å². The lowest BCUT2D eigenvalue weighted by atomic mass is 10.2. The predicted molar refractivity (Wildman–Crippen MR) is 91.5 cm³/mol. The van der Waals surface area contributed by atoms with E-state index in [2.05, 4.69) is 15.8 Å². The molecule has 5 heteroatoms. The molecule has 0 spiro atoms. The van der Waals surface area contributed by atoms with Crippen molar-refractivity contribution in [3.05, 3.63) is 64.7 Å². The van der Waals surface area contributed by atoms with Gasteiger partial charge in [-0.1, -0.05) is 35.9 Å². The van der Waals surface area contributed by atoms with Crippen molar-refractivity contribution < 1.29 is 4.79 Å². The number of benzene rings is 2. The summed E-state index contributed by atoms with van der Waals surface area (Å²) in [6, 6.07) is 14.7. The van der Waals surface area contributed by atoms with E-state index in [1.165, 1.54) is 0 Å². The topological polar surface area (TPSA) is 53.5 Å². The Morgan fingerprint density at radius 1 is 1.23 bits per heavy atom. The second-order valence-corrected chi connectivity index (χ2v) is 5.46. The predicted octanol–water partition coefficient (Wildman–Crippen LogP) is 3.60. The maximum Gasteiger partial charge on any atom is 0.262 e. The van der Waals surface area contributed by atoms with Gasteiger partial charge in [-0.3, -0.25) is 4.79 Å². The first-order valence-electron chi connectivity index (χ1n) is 6.96. The second kappa shape index (κ2) is 7.61. The van der Waals surface area contributed by atoms with Crippen LogP contribution in [0.4, 0.5) is 5.69 Å². The number of hydrogen-bond donors (Lipinski definition) is 2. The summed E-state index contributed by atoms with van der Waals surface area (Å²) in [6.45, 7) is 3.79. The highest BCUT2D eigenvalue weighted by Crippen LogP contribution is 2.11. The number of anilines is 1. The Bertz CT molecular complexity index is 668. The molecule has 0 aliphatic heterocycles. The van der Waals surface area contributed by atoms with Crippen LogP contribution < -0.4 is 10.7 Å². The highest BCUT2D eigenvalue weighted by atomic mass is 35.5. The Morgan fingerprint density at radius 3 is 2.64 bits per heavy atom. The first-order valence-corrected chi connectivity index (χ1v) is 7.34. The van der Waals surface area contributed by atoms with Crippen LogP contribution in [0.2, 0.25) is 5.02 Å². The fourth-order valence-electron chi connectivity index (χ4n) is 1.87. The Balaban J connectivity index is 1.87. The molecule has 0 fully saturated rings. The van der Waals surface area contributed by atoms with Crippen LogP contribution in [0.15, 0.2) is 53.6 Å². The standard InChI is InChI=1S/C17H18ClN3O/c1-12-4-3-5-16(10-12)20-13(2)17(22)21-19-11-14-6-8-15(18)9-7-14/h3-11,13,20H,1-2H3,(H,21,22)/b19-11+. The molecule has 2 rings (SSSR count). The van der Waals surface area contributed by atoms with Crippen LogP contribution in [0.25, 0.3) is 0 Å². The molecule has 0 saturated heterocycles. The summed E-state index contributed by atoms with van der Waals surface area (Å²) >= 11 is 5.80. The van der Waals surface area contributed by atoms with Crippen molar-refractivity contribution in [2.45, 2.75) is 19.9 Å². The smallest absolute Gasteiger partial charge is 0.262 e. The number of hydrogen-bond acceptors (Lipinski definition) is 3. The zero-order valence-corrected chi connectivity index (χ0v) is 13.3. The van der Waals surface area contributed by atoms with Crippen molar-refractivity contribution in [3.63, 3.8) is 0 Å². The average Bonchev–Trinajstić information content (AvgIpc) is 2.49. The third kappa shape index (κ3) is 4.90. The lowest BCUT2D eigenvalue weighted by molar-refractivity contribution is -0.121. The molecule has 0 saturated carbocycles. The first kappa shape index (κ1) is 16.0. The van der Waals surface area contributed by atoms with E-state index in [1.807, 2.05) is 43.3 Å². The van der Waals surface area contributed by atoms with Crippen molar-refractivity contribution in [2.24, 2.45) is 5.10 Å². The van der Waals surface area contributed by atoms with E-state index in [4.69, 9.17) is 11.6 Å². The molecule has 1 unspecified atom stereocenters. The van der Waals surface area contributed by atoms with Crippen LogP contribution in [0, 0.1) is 6.92 Å². The summed E-state index contributed by atoms with van der Waals surface area (Å²) < 4.78 is 0. The van der Waals surface area contributed by atoms with Gasteiger partial charge >= 0.3 is 0 Å². The lowest BCUT2D eigenvalue weighted by Crippen LogP contribution is -2.34. The van der Waals surface area contributed by atoms with Gasteiger partial charge in [-0.25, -0.2) is 5.43 Å². The number of carbonyl (C=O) groups excluding carboxylic acids is 1. The van der Waals surface area contributed by atoms with E-state index >= 15 is 0 Å². The highest BCUT2D eigenvalue weighted by molar-refractivity contribution is 6.30. The SMILES string of the molecule is Cc1cccc(NC(C)C(=O)N/N=C/c2ccc(Cl)cc2)c1. The summed E-state index contributed by atoms with van der Waals surface area (Å²) in [6.07, 6.45) is 1.58. The third-order valence-electron chi connectivity index (χ3n) is 3.05. The van der Waals surface area contributed by atoms with Gasteiger partial charge in [-0.2, -0.15) is 5.10 Å². The van der Waals surface area contributed by atoms with E-state index in [0.29, 0.717) is 5.02 Å². The highest BCUT2D eigenvalue weighted by Gasteiger charge is 2.11. The molecule has 0 aromatic heterocycles. The van der Waals surface area contributed by atoms with Crippen molar-refractivity contribution in [2.75, 3.05) is 5.32 Å². The van der Waals surface area contributed by atoms with Crippen molar-refractivity contribution in [3.8, 4) is 0 Å². The molecular formula is C17H18ClN3O. The molecular weight excluding hydrogens is 298 g/mol. The molecule has 0 heterocycles. The van der Waals surface area contributed by atoms with Gasteiger partial charge in [0, 0.05) is 10.7 Å². The van der Waals surface area contributed by atoms with Gasteiger partial charge in [-0.05, 0) is 49.2 Å². The summed E-state index contributed by atoms with van der Waals surface area (Å²) in [4.78, 5) is 12.0. The molecule has 0 aliphatic rings. The number of aryl methyl sites for hydroxylation is 1. The molecule has 0 bridgehead atoms.